The number of aliphatic hydroxyl groups excluding tert-OH is 1. The van der Waals surface area contributed by atoms with Crippen molar-refractivity contribution in [2.45, 2.75) is 84.4 Å². The first-order valence-electron chi connectivity index (χ1n) is 10.5. The van der Waals surface area contributed by atoms with Crippen molar-refractivity contribution < 1.29 is 5.11 Å². The van der Waals surface area contributed by atoms with Crippen molar-refractivity contribution in [1.29, 1.82) is 0 Å². The summed E-state index contributed by atoms with van der Waals surface area (Å²) < 4.78 is 0. The highest BCUT2D eigenvalue weighted by atomic mass is 16.3. The fourth-order valence-corrected chi connectivity index (χ4v) is 4.03. The fraction of sp³-hybridized carbons (Fsp3) is 0.950. The van der Waals surface area contributed by atoms with E-state index in [4.69, 9.17) is 4.99 Å². The van der Waals surface area contributed by atoms with Crippen molar-refractivity contribution in [2.75, 3.05) is 26.2 Å². The van der Waals surface area contributed by atoms with Crippen LogP contribution in [0.4, 0.5) is 0 Å². The van der Waals surface area contributed by atoms with Crippen molar-refractivity contribution in [1.82, 2.24) is 15.5 Å². The van der Waals surface area contributed by atoms with Gasteiger partial charge in [-0.05, 0) is 70.4 Å². The molecule has 2 fully saturated rings. The molecule has 1 aliphatic heterocycles. The minimum absolute atomic E-state index is 0.107. The number of aliphatic hydroxyl groups is 1. The molecule has 1 saturated heterocycles. The number of rotatable bonds is 6. The predicted molar refractivity (Wildman–Crippen MR) is 106 cm³/mol. The normalized spacial score (nSPS) is 28.2. The number of likely N-dealkylation sites (tertiary alicyclic amines) is 1. The predicted octanol–water partition coefficient (Wildman–Crippen LogP) is 2.60. The van der Waals surface area contributed by atoms with Gasteiger partial charge in [0.25, 0.3) is 0 Å². The van der Waals surface area contributed by atoms with E-state index >= 15 is 0 Å². The maximum atomic E-state index is 9.69. The van der Waals surface area contributed by atoms with Crippen molar-refractivity contribution >= 4 is 5.96 Å². The third kappa shape index (κ3) is 6.78. The molecule has 1 atom stereocenters. The summed E-state index contributed by atoms with van der Waals surface area (Å²) in [7, 11) is 0. The van der Waals surface area contributed by atoms with Gasteiger partial charge in [0, 0.05) is 18.6 Å². The van der Waals surface area contributed by atoms with Crippen LogP contribution >= 0.6 is 0 Å². The lowest BCUT2D eigenvalue weighted by Crippen LogP contribution is -2.48. The molecule has 0 radical (unpaired) electrons. The molecule has 3 N–H and O–H groups in total. The zero-order valence-corrected chi connectivity index (χ0v) is 16.8. The Hall–Kier alpha value is -0.810. The van der Waals surface area contributed by atoms with Crippen molar-refractivity contribution in [3.8, 4) is 0 Å². The molecule has 146 valence electrons. The van der Waals surface area contributed by atoms with E-state index in [0.717, 1.165) is 50.7 Å². The van der Waals surface area contributed by atoms with Crippen LogP contribution in [0.15, 0.2) is 4.99 Å². The smallest absolute Gasteiger partial charge is 0.191 e. The van der Waals surface area contributed by atoms with Gasteiger partial charge in [-0.15, -0.1) is 0 Å². The molecule has 2 rings (SSSR count). The molecule has 1 aliphatic carbocycles. The van der Waals surface area contributed by atoms with Crippen LogP contribution in [-0.4, -0.2) is 60.3 Å². The Kier molecular flexibility index (Phi) is 8.50. The van der Waals surface area contributed by atoms with Crippen LogP contribution in [0.5, 0.6) is 0 Å². The topological polar surface area (TPSA) is 59.9 Å². The monoisotopic (exact) mass is 352 g/mol. The zero-order chi connectivity index (χ0) is 18.2. The van der Waals surface area contributed by atoms with Crippen molar-refractivity contribution in [3.63, 3.8) is 0 Å². The van der Waals surface area contributed by atoms with Crippen LogP contribution in [0.25, 0.3) is 0 Å². The summed E-state index contributed by atoms with van der Waals surface area (Å²) in [5.41, 5.74) is 0. The van der Waals surface area contributed by atoms with E-state index in [1.807, 2.05) is 0 Å². The van der Waals surface area contributed by atoms with Gasteiger partial charge in [-0.2, -0.15) is 0 Å². The molecule has 0 aromatic heterocycles. The highest BCUT2D eigenvalue weighted by molar-refractivity contribution is 5.80. The molecule has 0 aromatic rings. The van der Waals surface area contributed by atoms with Crippen LogP contribution in [0, 0.1) is 11.8 Å². The zero-order valence-electron chi connectivity index (χ0n) is 16.8. The second kappa shape index (κ2) is 10.4. The largest absolute Gasteiger partial charge is 0.393 e. The highest BCUT2D eigenvalue weighted by Gasteiger charge is 2.26. The van der Waals surface area contributed by atoms with Gasteiger partial charge < -0.3 is 15.7 Å². The van der Waals surface area contributed by atoms with Crippen LogP contribution < -0.4 is 10.6 Å². The summed E-state index contributed by atoms with van der Waals surface area (Å²) in [6.07, 6.45) is 6.39. The summed E-state index contributed by atoms with van der Waals surface area (Å²) in [6, 6.07) is 0.964. The number of hydrogen-bond donors (Lipinski definition) is 3. The number of nitrogens with zero attached hydrogens (tertiary/aromatic N) is 2. The van der Waals surface area contributed by atoms with Crippen LogP contribution in [0.1, 0.15) is 66.2 Å². The number of piperidine rings is 1. The average Bonchev–Trinajstić information content (AvgIpc) is 2.58. The first-order valence-corrected chi connectivity index (χ1v) is 10.5. The quantitative estimate of drug-likeness (QED) is 0.508. The Morgan fingerprint density at radius 1 is 1.12 bits per heavy atom. The van der Waals surface area contributed by atoms with E-state index in [0.29, 0.717) is 18.0 Å². The summed E-state index contributed by atoms with van der Waals surface area (Å²) >= 11 is 0. The molecule has 0 aromatic carbocycles. The maximum absolute atomic E-state index is 9.69. The SMILES string of the molecule is CCNC(=NCC(C(C)C)N1CCC(C)CC1)NC1CCC(O)CC1. The van der Waals surface area contributed by atoms with Gasteiger partial charge >= 0.3 is 0 Å². The van der Waals surface area contributed by atoms with E-state index in [2.05, 4.69) is 43.2 Å². The molecule has 0 spiro atoms. The third-order valence-corrected chi connectivity index (χ3v) is 5.88. The average molecular weight is 353 g/mol. The molecule has 1 heterocycles. The van der Waals surface area contributed by atoms with Gasteiger partial charge in [0.1, 0.15) is 0 Å². The molecular formula is C20H40N4O. The summed E-state index contributed by atoms with van der Waals surface area (Å²) in [5, 5.41) is 16.7. The molecule has 25 heavy (non-hydrogen) atoms. The summed E-state index contributed by atoms with van der Waals surface area (Å²) in [4.78, 5) is 7.58. The van der Waals surface area contributed by atoms with Crippen molar-refractivity contribution in [3.05, 3.63) is 0 Å². The minimum Gasteiger partial charge on any atom is -0.393 e. The van der Waals surface area contributed by atoms with E-state index < -0.39 is 0 Å². The lowest BCUT2D eigenvalue weighted by Gasteiger charge is -2.38. The van der Waals surface area contributed by atoms with Crippen LogP contribution in [-0.2, 0) is 0 Å². The maximum Gasteiger partial charge on any atom is 0.191 e. The highest BCUT2D eigenvalue weighted by Crippen LogP contribution is 2.22. The van der Waals surface area contributed by atoms with Gasteiger partial charge in [-0.25, -0.2) is 0 Å². The molecule has 1 unspecified atom stereocenters. The van der Waals surface area contributed by atoms with E-state index in [1.54, 1.807) is 0 Å². The molecule has 5 nitrogen and oxygen atoms in total. The first-order chi connectivity index (χ1) is 12.0. The lowest BCUT2D eigenvalue weighted by molar-refractivity contribution is 0.113. The minimum atomic E-state index is -0.107. The van der Waals surface area contributed by atoms with Crippen LogP contribution in [0.3, 0.4) is 0 Å². The molecule has 1 saturated carbocycles. The van der Waals surface area contributed by atoms with Gasteiger partial charge in [-0.3, -0.25) is 9.89 Å². The molecule has 2 aliphatic rings. The molecule has 5 heteroatoms. The number of aliphatic imine (C=N–C) groups is 1. The van der Waals surface area contributed by atoms with Crippen molar-refractivity contribution in [2.24, 2.45) is 16.8 Å². The number of hydrogen-bond acceptors (Lipinski definition) is 3. The summed E-state index contributed by atoms with van der Waals surface area (Å²) in [5.74, 6) is 2.43. The van der Waals surface area contributed by atoms with E-state index in [-0.39, 0.29) is 6.10 Å². The Labute approximate surface area is 154 Å². The molecular weight excluding hydrogens is 312 g/mol. The Morgan fingerprint density at radius 2 is 1.76 bits per heavy atom. The number of nitrogens with one attached hydrogen (secondary N) is 2. The fourth-order valence-electron chi connectivity index (χ4n) is 4.03. The van der Waals surface area contributed by atoms with Gasteiger partial charge in [-0.1, -0.05) is 20.8 Å². The van der Waals surface area contributed by atoms with Gasteiger partial charge in [0.05, 0.1) is 12.6 Å². The standard InChI is InChI=1S/C20H40N4O/c1-5-21-20(23-17-6-8-18(25)9-7-17)22-14-19(15(2)3)24-12-10-16(4)11-13-24/h15-19,25H,5-14H2,1-4H3,(H2,21,22,23). The Bertz CT molecular complexity index is 397. The molecule has 0 bridgehead atoms. The number of guanidine groups is 1. The van der Waals surface area contributed by atoms with Gasteiger partial charge in [0.2, 0.25) is 0 Å². The molecule has 0 amide bonds. The van der Waals surface area contributed by atoms with Gasteiger partial charge in [0.15, 0.2) is 5.96 Å². The first kappa shape index (κ1) is 20.5. The Balaban J connectivity index is 1.92. The second-order valence-electron chi connectivity index (χ2n) is 8.40. The Morgan fingerprint density at radius 3 is 2.32 bits per heavy atom. The second-order valence-corrected chi connectivity index (χ2v) is 8.40. The van der Waals surface area contributed by atoms with E-state index in [1.165, 1.54) is 25.9 Å². The van der Waals surface area contributed by atoms with E-state index in [9.17, 15) is 5.11 Å². The summed E-state index contributed by atoms with van der Waals surface area (Å²) in [6.45, 7) is 13.3. The third-order valence-electron chi connectivity index (χ3n) is 5.88. The lowest BCUT2D eigenvalue weighted by atomic mass is 9.93. The van der Waals surface area contributed by atoms with Crippen LogP contribution in [0.2, 0.25) is 0 Å².